The summed E-state index contributed by atoms with van der Waals surface area (Å²) >= 11 is 0. The first-order valence-electron chi connectivity index (χ1n) is 7.13. The highest BCUT2D eigenvalue weighted by Crippen LogP contribution is 2.24. The Bertz CT molecular complexity index is 558. The maximum atomic E-state index is 12.1. The largest absolute Gasteiger partial charge is 0.345 e. The van der Waals surface area contributed by atoms with Crippen LogP contribution in [0.5, 0.6) is 0 Å². The minimum absolute atomic E-state index is 0.149. The lowest BCUT2D eigenvalue weighted by Crippen LogP contribution is -2.33. The molecule has 1 atom stereocenters. The van der Waals surface area contributed by atoms with Gasteiger partial charge in [0, 0.05) is 0 Å². The van der Waals surface area contributed by atoms with E-state index in [-0.39, 0.29) is 11.5 Å². The summed E-state index contributed by atoms with van der Waals surface area (Å²) in [5, 5.41) is 0. The molecule has 0 saturated carbocycles. The Labute approximate surface area is 126 Å². The van der Waals surface area contributed by atoms with E-state index in [4.69, 9.17) is 13.7 Å². The monoisotopic (exact) mass is 314 g/mol. The second-order valence-electron chi connectivity index (χ2n) is 5.43. The van der Waals surface area contributed by atoms with E-state index in [1.54, 1.807) is 19.1 Å². The summed E-state index contributed by atoms with van der Waals surface area (Å²) in [4.78, 5) is 0.149. The Morgan fingerprint density at radius 2 is 1.81 bits per heavy atom. The Morgan fingerprint density at radius 1 is 1.24 bits per heavy atom. The minimum atomic E-state index is -3.80. The molecule has 1 heterocycles. The van der Waals surface area contributed by atoms with Crippen molar-refractivity contribution in [2.24, 2.45) is 0 Å². The minimum Gasteiger partial charge on any atom is -0.345 e. The molecule has 6 heteroatoms. The fourth-order valence-electron chi connectivity index (χ4n) is 2.09. The molecule has 1 aliphatic rings. The molecule has 0 amide bonds. The molecular formula is C15H22O5S. The molecule has 1 unspecified atom stereocenters. The summed E-state index contributed by atoms with van der Waals surface area (Å²) < 4.78 is 40.0. The van der Waals surface area contributed by atoms with Gasteiger partial charge in [0.15, 0.2) is 5.79 Å². The van der Waals surface area contributed by atoms with Crippen LogP contribution in [-0.4, -0.2) is 34.0 Å². The Kier molecular flexibility index (Phi) is 5.03. The lowest BCUT2D eigenvalue weighted by Gasteiger charge is -2.21. The summed E-state index contributed by atoms with van der Waals surface area (Å²) in [6.45, 7) is 6.62. The highest BCUT2D eigenvalue weighted by atomic mass is 32.2. The van der Waals surface area contributed by atoms with Gasteiger partial charge in [0.25, 0.3) is 10.1 Å². The quantitative estimate of drug-likeness (QED) is 0.755. The van der Waals surface area contributed by atoms with Gasteiger partial charge in [-0.25, -0.2) is 0 Å². The lowest BCUT2D eigenvalue weighted by molar-refractivity contribution is -0.161. The van der Waals surface area contributed by atoms with Crippen molar-refractivity contribution < 1.29 is 22.1 Å². The summed E-state index contributed by atoms with van der Waals surface area (Å²) in [6, 6.07) is 6.81. The van der Waals surface area contributed by atoms with Gasteiger partial charge in [-0.15, -0.1) is 0 Å². The highest BCUT2D eigenvalue weighted by molar-refractivity contribution is 7.86. The maximum absolute atomic E-state index is 12.1. The lowest BCUT2D eigenvalue weighted by atomic mass is 9.99. The number of benzene rings is 1. The molecule has 1 aliphatic heterocycles. The number of hydrogen-bond donors (Lipinski definition) is 0. The molecule has 0 aromatic heterocycles. The first-order valence-corrected chi connectivity index (χ1v) is 8.54. The van der Waals surface area contributed by atoms with Gasteiger partial charge in [-0.2, -0.15) is 8.42 Å². The molecule has 1 aromatic rings. The normalized spacial score (nSPS) is 19.6. The van der Waals surface area contributed by atoms with Crippen LogP contribution in [-0.2, 0) is 23.8 Å². The third-order valence-corrected chi connectivity index (χ3v) is 5.00. The van der Waals surface area contributed by atoms with Crippen molar-refractivity contribution in [2.45, 2.75) is 43.8 Å². The molecule has 0 bridgehead atoms. The van der Waals surface area contributed by atoms with Crippen molar-refractivity contribution in [1.82, 2.24) is 0 Å². The van der Waals surface area contributed by atoms with Gasteiger partial charge >= 0.3 is 0 Å². The average molecular weight is 314 g/mol. The van der Waals surface area contributed by atoms with Crippen LogP contribution in [0.25, 0.3) is 0 Å². The molecule has 5 nitrogen and oxygen atoms in total. The molecule has 0 N–H and O–H groups in total. The summed E-state index contributed by atoms with van der Waals surface area (Å²) in [6.07, 6.45) is 1.01. The molecule has 1 fully saturated rings. The van der Waals surface area contributed by atoms with Gasteiger partial charge in [-0.05, 0) is 37.0 Å². The van der Waals surface area contributed by atoms with Crippen LogP contribution < -0.4 is 0 Å². The number of rotatable bonds is 6. The molecule has 0 radical (unpaired) electrons. The smallest absolute Gasteiger partial charge is 0.297 e. The average Bonchev–Trinajstić information content (AvgIpc) is 2.92. The molecule has 0 aliphatic carbocycles. The van der Waals surface area contributed by atoms with Gasteiger partial charge in [-0.1, -0.05) is 26.0 Å². The fourth-order valence-corrected chi connectivity index (χ4v) is 3.07. The van der Waals surface area contributed by atoms with Crippen LogP contribution in [0.3, 0.4) is 0 Å². The molecule has 21 heavy (non-hydrogen) atoms. The summed E-state index contributed by atoms with van der Waals surface area (Å²) in [7, 11) is -3.80. The third kappa shape index (κ3) is 4.03. The second kappa shape index (κ2) is 6.44. The van der Waals surface area contributed by atoms with Crippen molar-refractivity contribution in [3.63, 3.8) is 0 Å². The van der Waals surface area contributed by atoms with Gasteiger partial charge in [0.1, 0.15) is 6.61 Å². The second-order valence-corrected chi connectivity index (χ2v) is 7.04. The molecule has 2 rings (SSSR count). The van der Waals surface area contributed by atoms with Gasteiger partial charge < -0.3 is 9.47 Å². The van der Waals surface area contributed by atoms with Crippen LogP contribution in [0.15, 0.2) is 29.2 Å². The van der Waals surface area contributed by atoms with E-state index < -0.39 is 15.9 Å². The van der Waals surface area contributed by atoms with Crippen molar-refractivity contribution >= 4 is 10.1 Å². The first-order chi connectivity index (χ1) is 9.86. The van der Waals surface area contributed by atoms with E-state index in [9.17, 15) is 8.42 Å². The molecular weight excluding hydrogens is 292 g/mol. The fraction of sp³-hybridized carbons (Fsp3) is 0.600. The highest BCUT2D eigenvalue weighted by Gasteiger charge is 2.33. The Hall–Kier alpha value is -0.950. The zero-order valence-electron chi connectivity index (χ0n) is 12.7. The van der Waals surface area contributed by atoms with E-state index in [0.717, 1.165) is 12.0 Å². The number of ether oxygens (including phenoxy) is 2. The SMILES string of the molecule is CCC(C)c1ccc(S(=O)(=O)OCC2(C)OCCO2)cc1. The Balaban J connectivity index is 2.05. The predicted octanol–water partition coefficient (Wildman–Crippen LogP) is 2.67. The van der Waals surface area contributed by atoms with Crippen molar-refractivity contribution in [3.05, 3.63) is 29.8 Å². The van der Waals surface area contributed by atoms with Gasteiger partial charge in [0.2, 0.25) is 0 Å². The predicted molar refractivity (Wildman–Crippen MR) is 78.6 cm³/mol. The summed E-state index contributed by atoms with van der Waals surface area (Å²) in [5.74, 6) is -0.578. The summed E-state index contributed by atoms with van der Waals surface area (Å²) in [5.41, 5.74) is 1.12. The molecule has 118 valence electrons. The molecule has 0 spiro atoms. The third-order valence-electron chi connectivity index (χ3n) is 3.72. The standard InChI is InChI=1S/C15H22O5S/c1-4-12(2)13-5-7-14(8-6-13)21(16,17)20-11-15(3)18-9-10-19-15/h5-8,12H,4,9-11H2,1-3H3. The van der Waals surface area contributed by atoms with Crippen molar-refractivity contribution in [1.29, 1.82) is 0 Å². The van der Waals surface area contributed by atoms with E-state index in [1.165, 1.54) is 0 Å². The van der Waals surface area contributed by atoms with Gasteiger partial charge in [0.05, 0.1) is 18.1 Å². The van der Waals surface area contributed by atoms with Crippen LogP contribution in [0.2, 0.25) is 0 Å². The topological polar surface area (TPSA) is 61.8 Å². The van der Waals surface area contributed by atoms with E-state index >= 15 is 0 Å². The Morgan fingerprint density at radius 3 is 2.33 bits per heavy atom. The van der Waals surface area contributed by atoms with Crippen molar-refractivity contribution in [3.8, 4) is 0 Å². The zero-order chi connectivity index (χ0) is 15.5. The van der Waals surface area contributed by atoms with Crippen LogP contribution in [0.4, 0.5) is 0 Å². The molecule has 1 aromatic carbocycles. The van der Waals surface area contributed by atoms with Gasteiger partial charge in [-0.3, -0.25) is 4.18 Å². The van der Waals surface area contributed by atoms with Crippen LogP contribution >= 0.6 is 0 Å². The van der Waals surface area contributed by atoms with Crippen LogP contribution in [0, 0.1) is 0 Å². The number of hydrogen-bond acceptors (Lipinski definition) is 5. The van der Waals surface area contributed by atoms with Crippen LogP contribution in [0.1, 0.15) is 38.7 Å². The van der Waals surface area contributed by atoms with E-state index in [2.05, 4.69) is 13.8 Å². The van der Waals surface area contributed by atoms with E-state index in [1.807, 2.05) is 12.1 Å². The van der Waals surface area contributed by atoms with Crippen molar-refractivity contribution in [2.75, 3.05) is 19.8 Å². The zero-order valence-corrected chi connectivity index (χ0v) is 13.5. The maximum Gasteiger partial charge on any atom is 0.297 e. The molecule has 1 saturated heterocycles. The first kappa shape index (κ1) is 16.4. The van der Waals surface area contributed by atoms with E-state index in [0.29, 0.717) is 19.1 Å².